The van der Waals surface area contributed by atoms with E-state index >= 15 is 0 Å². The van der Waals surface area contributed by atoms with Gasteiger partial charge in [-0.1, -0.05) is 30.3 Å². The summed E-state index contributed by atoms with van der Waals surface area (Å²) >= 11 is 0. The van der Waals surface area contributed by atoms with Crippen LogP contribution >= 0.6 is 0 Å². The first-order valence-electron chi connectivity index (χ1n) is 9.01. The van der Waals surface area contributed by atoms with Gasteiger partial charge in [0.2, 0.25) is 11.8 Å². The predicted octanol–water partition coefficient (Wildman–Crippen LogP) is 1.87. The van der Waals surface area contributed by atoms with Gasteiger partial charge in [0.05, 0.1) is 13.0 Å². The van der Waals surface area contributed by atoms with Crippen LogP contribution in [-0.4, -0.2) is 47.2 Å². The summed E-state index contributed by atoms with van der Waals surface area (Å²) in [6.07, 6.45) is -0.298. The fourth-order valence-electron chi connectivity index (χ4n) is 2.88. The smallest absolute Gasteiger partial charge is 0.251 e. The molecule has 0 fully saturated rings. The summed E-state index contributed by atoms with van der Waals surface area (Å²) in [6, 6.07) is 10.8. The first-order chi connectivity index (χ1) is 13.7. The molecular formula is C21H23F2N3O3. The molecule has 0 saturated heterocycles. The Balaban J connectivity index is 2.29. The van der Waals surface area contributed by atoms with E-state index in [1.165, 1.54) is 18.9 Å². The molecule has 1 atom stereocenters. The van der Waals surface area contributed by atoms with E-state index in [1.54, 1.807) is 24.3 Å². The van der Waals surface area contributed by atoms with Gasteiger partial charge in [-0.05, 0) is 30.2 Å². The Morgan fingerprint density at radius 3 is 2.10 bits per heavy atom. The van der Waals surface area contributed by atoms with Gasteiger partial charge in [0.1, 0.15) is 17.7 Å². The number of benzene rings is 2. The van der Waals surface area contributed by atoms with Crippen LogP contribution in [0.3, 0.4) is 0 Å². The molecule has 0 radical (unpaired) electrons. The fraction of sp³-hybridized carbons (Fsp3) is 0.286. The molecule has 6 nitrogen and oxygen atoms in total. The average molecular weight is 403 g/mol. The molecule has 0 unspecified atom stereocenters. The van der Waals surface area contributed by atoms with Crippen molar-refractivity contribution >= 4 is 17.7 Å². The van der Waals surface area contributed by atoms with E-state index in [9.17, 15) is 23.2 Å². The summed E-state index contributed by atoms with van der Waals surface area (Å²) in [7, 11) is 1.29. The monoisotopic (exact) mass is 403 g/mol. The molecule has 0 heterocycles. The molecule has 29 heavy (non-hydrogen) atoms. The van der Waals surface area contributed by atoms with E-state index in [-0.39, 0.29) is 25.1 Å². The number of nitrogens with two attached hydrogens (primary N) is 1. The molecule has 0 saturated carbocycles. The Labute approximate surface area is 167 Å². The largest absolute Gasteiger partial charge is 0.326 e. The number of carbonyl (C=O) groups excluding carboxylic acids is 3. The van der Waals surface area contributed by atoms with Gasteiger partial charge >= 0.3 is 0 Å². The molecule has 0 aliphatic heterocycles. The van der Waals surface area contributed by atoms with Crippen molar-refractivity contribution in [2.24, 2.45) is 5.73 Å². The Hall–Kier alpha value is -3.13. The minimum atomic E-state index is -0.985. The lowest BCUT2D eigenvalue weighted by Gasteiger charge is -2.31. The van der Waals surface area contributed by atoms with E-state index in [4.69, 9.17) is 5.73 Å². The lowest BCUT2D eigenvalue weighted by Crippen LogP contribution is -2.51. The van der Waals surface area contributed by atoms with Crippen LogP contribution in [0.2, 0.25) is 0 Å². The van der Waals surface area contributed by atoms with Gasteiger partial charge in [-0.25, -0.2) is 8.78 Å². The van der Waals surface area contributed by atoms with Gasteiger partial charge in [0, 0.05) is 19.7 Å². The number of imide groups is 1. The third kappa shape index (κ3) is 5.92. The topological polar surface area (TPSA) is 83.7 Å². The van der Waals surface area contributed by atoms with Crippen molar-refractivity contribution in [3.8, 4) is 0 Å². The minimum absolute atomic E-state index is 0.0923. The van der Waals surface area contributed by atoms with Crippen LogP contribution in [0.25, 0.3) is 0 Å². The van der Waals surface area contributed by atoms with Crippen molar-refractivity contribution in [1.82, 2.24) is 9.80 Å². The third-order valence-corrected chi connectivity index (χ3v) is 4.50. The van der Waals surface area contributed by atoms with Crippen molar-refractivity contribution < 1.29 is 23.2 Å². The van der Waals surface area contributed by atoms with E-state index < -0.39 is 35.4 Å². The van der Waals surface area contributed by atoms with Crippen molar-refractivity contribution in [2.45, 2.75) is 25.9 Å². The van der Waals surface area contributed by atoms with Crippen LogP contribution in [0.5, 0.6) is 0 Å². The van der Waals surface area contributed by atoms with E-state index in [0.717, 1.165) is 28.7 Å². The zero-order valence-corrected chi connectivity index (χ0v) is 16.3. The number of amides is 3. The molecule has 154 valence electrons. The summed E-state index contributed by atoms with van der Waals surface area (Å²) in [5.41, 5.74) is 6.22. The molecular weight excluding hydrogens is 380 g/mol. The van der Waals surface area contributed by atoms with Crippen LogP contribution in [-0.2, 0) is 27.3 Å². The van der Waals surface area contributed by atoms with Gasteiger partial charge in [-0.2, -0.15) is 0 Å². The second-order valence-corrected chi connectivity index (χ2v) is 6.63. The summed E-state index contributed by atoms with van der Waals surface area (Å²) < 4.78 is 26.9. The number of rotatable bonds is 7. The van der Waals surface area contributed by atoms with Crippen LogP contribution in [0.1, 0.15) is 18.1 Å². The molecule has 0 bridgehead atoms. The second kappa shape index (κ2) is 9.88. The first-order valence-corrected chi connectivity index (χ1v) is 9.01. The highest BCUT2D eigenvalue weighted by Gasteiger charge is 2.30. The number of hydrogen-bond donors (Lipinski definition) is 1. The number of carbonyl (C=O) groups is 3. The maximum atomic E-state index is 13.5. The minimum Gasteiger partial charge on any atom is -0.326 e. The van der Waals surface area contributed by atoms with E-state index in [2.05, 4.69) is 0 Å². The zero-order chi connectivity index (χ0) is 21.6. The van der Waals surface area contributed by atoms with Crippen LogP contribution in [0.15, 0.2) is 48.5 Å². The molecule has 0 spiro atoms. The van der Waals surface area contributed by atoms with Crippen LogP contribution in [0, 0.1) is 11.6 Å². The maximum absolute atomic E-state index is 13.5. The summed E-state index contributed by atoms with van der Waals surface area (Å²) in [5, 5.41) is 0. The third-order valence-electron chi connectivity index (χ3n) is 4.50. The molecule has 0 aliphatic rings. The molecule has 2 rings (SSSR count). The fourth-order valence-corrected chi connectivity index (χ4v) is 2.88. The van der Waals surface area contributed by atoms with Crippen molar-refractivity contribution in [1.29, 1.82) is 0 Å². The SMILES string of the molecule is C[C@@H](C(=O)N(C)C(=O)CN)N(Cc1ccccc1)C(=O)Cc1cc(F)cc(F)c1. The van der Waals surface area contributed by atoms with Crippen LogP contribution in [0.4, 0.5) is 8.78 Å². The predicted molar refractivity (Wildman–Crippen MR) is 103 cm³/mol. The van der Waals surface area contributed by atoms with Gasteiger partial charge in [-0.15, -0.1) is 0 Å². The molecule has 0 aromatic heterocycles. The highest BCUT2D eigenvalue weighted by molar-refractivity contribution is 5.99. The number of nitrogens with zero attached hydrogens (tertiary/aromatic N) is 2. The Morgan fingerprint density at radius 2 is 1.55 bits per heavy atom. The zero-order valence-electron chi connectivity index (χ0n) is 16.3. The number of hydrogen-bond acceptors (Lipinski definition) is 4. The quantitative estimate of drug-likeness (QED) is 0.765. The average Bonchev–Trinajstić information content (AvgIpc) is 2.69. The standard InChI is InChI=1S/C21H23F2N3O3/c1-14(21(29)25(2)20(28)12-24)26(13-15-6-4-3-5-7-15)19(27)10-16-8-17(22)11-18(23)9-16/h3-9,11,14H,10,12-13,24H2,1-2H3/t14-/m0/s1. The Morgan fingerprint density at radius 1 is 0.966 bits per heavy atom. The first kappa shape index (κ1) is 22.2. The lowest BCUT2D eigenvalue weighted by atomic mass is 10.1. The van der Waals surface area contributed by atoms with Crippen LogP contribution < -0.4 is 5.73 Å². The van der Waals surface area contributed by atoms with Gasteiger partial charge in [-0.3, -0.25) is 19.3 Å². The molecule has 0 aliphatic carbocycles. The highest BCUT2D eigenvalue weighted by Crippen LogP contribution is 2.15. The van der Waals surface area contributed by atoms with E-state index in [0.29, 0.717) is 0 Å². The maximum Gasteiger partial charge on any atom is 0.251 e. The Kier molecular flexibility index (Phi) is 7.55. The number of halogens is 2. The van der Waals surface area contributed by atoms with Crippen molar-refractivity contribution in [2.75, 3.05) is 13.6 Å². The van der Waals surface area contributed by atoms with E-state index in [1.807, 2.05) is 6.07 Å². The lowest BCUT2D eigenvalue weighted by molar-refractivity contribution is -0.150. The summed E-state index contributed by atoms with van der Waals surface area (Å²) in [5.74, 6) is -3.27. The Bertz CT molecular complexity index is 870. The normalized spacial score (nSPS) is 11.6. The molecule has 3 amide bonds. The molecule has 2 aromatic rings. The van der Waals surface area contributed by atoms with Gasteiger partial charge in [0.15, 0.2) is 0 Å². The molecule has 2 N–H and O–H groups in total. The van der Waals surface area contributed by atoms with Gasteiger partial charge < -0.3 is 10.6 Å². The van der Waals surface area contributed by atoms with Crippen molar-refractivity contribution in [3.05, 3.63) is 71.3 Å². The van der Waals surface area contributed by atoms with Crippen molar-refractivity contribution in [3.63, 3.8) is 0 Å². The number of likely N-dealkylation sites (N-methyl/N-ethyl adjacent to an activating group) is 1. The highest BCUT2D eigenvalue weighted by atomic mass is 19.1. The summed E-state index contributed by atoms with van der Waals surface area (Å²) in [6.45, 7) is 1.24. The summed E-state index contributed by atoms with van der Waals surface area (Å²) in [4.78, 5) is 39.5. The second-order valence-electron chi connectivity index (χ2n) is 6.63. The molecule has 2 aromatic carbocycles. The molecule has 8 heteroatoms. The van der Waals surface area contributed by atoms with Gasteiger partial charge in [0.25, 0.3) is 5.91 Å².